The molecule has 2 fully saturated rings. The Bertz CT molecular complexity index is 3130. The highest BCUT2D eigenvalue weighted by Crippen LogP contribution is 2.33. The van der Waals surface area contributed by atoms with E-state index in [0.717, 1.165) is 55.4 Å². The lowest BCUT2D eigenvalue weighted by Gasteiger charge is -2.45. The Morgan fingerprint density at radius 1 is 0.404 bits per heavy atom. The second kappa shape index (κ2) is 35.6. The van der Waals surface area contributed by atoms with Crippen LogP contribution in [0.2, 0.25) is 0 Å². The highest BCUT2D eigenvalue weighted by Gasteiger charge is 2.56. The lowest BCUT2D eigenvalue weighted by molar-refractivity contribution is -0.316. The number of carbonyl (C=O) groups is 15. The average molecular weight is 1410 g/mol. The van der Waals surface area contributed by atoms with Crippen LogP contribution in [-0.2, 0) is 140 Å². The van der Waals surface area contributed by atoms with Gasteiger partial charge in [0.15, 0.2) is 49.2 Å². The van der Waals surface area contributed by atoms with E-state index in [1.165, 1.54) is 69.2 Å². The Kier molecular flexibility index (Phi) is 30.3. The molecule has 3 rings (SSSR count). The molecule has 0 spiro atoms. The summed E-state index contributed by atoms with van der Waals surface area (Å²) < 4.78 is 78.9. The van der Waals surface area contributed by atoms with Crippen molar-refractivity contribution in [3.8, 4) is 0 Å². The lowest BCUT2D eigenvalue weighted by Crippen LogP contribution is -2.68. The zero-order valence-corrected chi connectivity index (χ0v) is 59.4. The van der Waals surface area contributed by atoms with Crippen LogP contribution >= 0.6 is 0 Å². The molecule has 6 amide bonds. The highest BCUT2D eigenvalue weighted by molar-refractivity contribution is 6.00. The first kappa shape index (κ1) is 84.1. The first-order valence-electron chi connectivity index (χ1n) is 31.2. The molecule has 99 heavy (non-hydrogen) atoms. The van der Waals surface area contributed by atoms with E-state index in [4.69, 9.17) is 66.3 Å². The van der Waals surface area contributed by atoms with Crippen molar-refractivity contribution < 1.29 is 138 Å². The second-order valence-electron chi connectivity index (χ2n) is 26.3. The maximum absolute atomic E-state index is 14.9. The number of rotatable bonds is 30. The van der Waals surface area contributed by atoms with Crippen molar-refractivity contribution >= 4 is 89.4 Å². The Hall–Kier alpha value is -9.09. The molecule has 2 aliphatic rings. The van der Waals surface area contributed by atoms with Crippen LogP contribution in [0.4, 0.5) is 4.79 Å². The maximum Gasteiger partial charge on any atom is 0.408 e. The SMILES string of the molecule is CC(=O)OC[C@H]1O[C@@H](O[C@H](C)[C@H](NC(=O)OCc2ccccc2)C(=O)NC(C)(C)C(=O)NC(C)(C)C(=O)N[C@H](C(=O)NC(C)(C)C(=O)NC(C)(C)C(=O)OC(C)(C)C)[C@@H](C)O[C@@H]2O[C@H](COC(C)=O)[C@H](OC(C)=O)[C@H](OC(C)=O)[C@H]2OC(C)=O)[C@H](OC(C)=O)[C@@H](OC(C)=O)[C@H]1OC(C)=O. The molecule has 14 atom stereocenters. The van der Waals surface area contributed by atoms with Gasteiger partial charge in [-0.1, -0.05) is 30.3 Å². The van der Waals surface area contributed by atoms with Gasteiger partial charge in [-0.05, 0) is 95.6 Å². The number of ether oxygens (including phenoxy) is 14. The fraction of sp³-hybridized carbons (Fsp3) is 0.672. The summed E-state index contributed by atoms with van der Waals surface area (Å²) in [5.41, 5.74) is -8.42. The largest absolute Gasteiger partial charge is 0.463 e. The third-order valence-corrected chi connectivity index (χ3v) is 14.2. The van der Waals surface area contributed by atoms with Gasteiger partial charge in [-0.25, -0.2) is 9.59 Å². The molecule has 35 heteroatoms. The van der Waals surface area contributed by atoms with E-state index in [-0.39, 0.29) is 6.61 Å². The lowest BCUT2D eigenvalue weighted by atomic mass is 9.96. The minimum atomic E-state index is -2.15. The van der Waals surface area contributed by atoms with Crippen LogP contribution in [0.25, 0.3) is 0 Å². The van der Waals surface area contributed by atoms with Gasteiger partial charge in [0, 0.05) is 55.4 Å². The molecule has 554 valence electrons. The summed E-state index contributed by atoms with van der Waals surface area (Å²) in [5, 5.41) is 14.9. The van der Waals surface area contributed by atoms with E-state index < -0.39 is 216 Å². The predicted molar refractivity (Wildman–Crippen MR) is 335 cm³/mol. The Morgan fingerprint density at radius 2 is 0.737 bits per heavy atom. The maximum atomic E-state index is 14.9. The van der Waals surface area contributed by atoms with Crippen molar-refractivity contribution in [2.24, 2.45) is 0 Å². The molecule has 0 saturated carbocycles. The van der Waals surface area contributed by atoms with Crippen LogP contribution < -0.4 is 31.9 Å². The minimum Gasteiger partial charge on any atom is -0.463 e. The number of hydrogen-bond donors (Lipinski definition) is 6. The van der Waals surface area contributed by atoms with Gasteiger partial charge in [0.2, 0.25) is 29.5 Å². The van der Waals surface area contributed by atoms with Crippen molar-refractivity contribution in [3.63, 3.8) is 0 Å². The number of alkyl carbamates (subject to hydrolysis) is 1. The molecule has 0 radical (unpaired) electrons. The molecule has 6 N–H and O–H groups in total. The van der Waals surface area contributed by atoms with Gasteiger partial charge in [0.05, 0.1) is 12.2 Å². The smallest absolute Gasteiger partial charge is 0.408 e. The van der Waals surface area contributed by atoms with Gasteiger partial charge in [-0.3, -0.25) is 62.3 Å². The predicted octanol–water partition coefficient (Wildman–Crippen LogP) is 0.663. The van der Waals surface area contributed by atoms with E-state index in [0.29, 0.717) is 5.56 Å². The van der Waals surface area contributed by atoms with E-state index in [1.54, 1.807) is 51.1 Å². The van der Waals surface area contributed by atoms with Gasteiger partial charge < -0.3 is 98.2 Å². The first-order valence-corrected chi connectivity index (χ1v) is 31.2. The minimum absolute atomic E-state index is 0.328. The van der Waals surface area contributed by atoms with E-state index in [1.807, 2.05) is 0 Å². The van der Waals surface area contributed by atoms with Crippen LogP contribution in [0.5, 0.6) is 0 Å². The van der Waals surface area contributed by atoms with Crippen molar-refractivity contribution in [1.82, 2.24) is 31.9 Å². The molecule has 0 bridgehead atoms. The fourth-order valence-corrected chi connectivity index (χ4v) is 9.46. The Labute approximate surface area is 572 Å². The number of benzene rings is 1. The number of esters is 9. The molecule has 0 unspecified atom stereocenters. The summed E-state index contributed by atoms with van der Waals surface area (Å²) in [4.78, 5) is 200. The van der Waals surface area contributed by atoms with E-state index in [9.17, 15) is 71.9 Å². The van der Waals surface area contributed by atoms with E-state index >= 15 is 0 Å². The van der Waals surface area contributed by atoms with Crippen LogP contribution in [0, 0.1) is 0 Å². The zero-order valence-electron chi connectivity index (χ0n) is 59.4. The third-order valence-electron chi connectivity index (χ3n) is 14.2. The van der Waals surface area contributed by atoms with Crippen molar-refractivity contribution in [3.05, 3.63) is 35.9 Å². The van der Waals surface area contributed by atoms with Crippen LogP contribution in [0.1, 0.15) is 151 Å². The van der Waals surface area contributed by atoms with Gasteiger partial charge in [0.25, 0.3) is 0 Å². The van der Waals surface area contributed by atoms with Crippen molar-refractivity contribution in [1.29, 1.82) is 0 Å². The normalized spacial score (nSPS) is 22.2. The number of amides is 6. The second-order valence-corrected chi connectivity index (χ2v) is 26.3. The van der Waals surface area contributed by atoms with Crippen LogP contribution in [0.3, 0.4) is 0 Å². The zero-order chi connectivity index (χ0) is 75.6. The Morgan fingerprint density at radius 3 is 1.09 bits per heavy atom. The van der Waals surface area contributed by atoms with Crippen LogP contribution in [-0.4, -0.2) is 216 Å². The molecule has 0 aromatic heterocycles. The standard InChI is InChI=1S/C64H94N6O29/c1-30(89-53-49(95-38(9)77)47(93-36(7)75)45(91-34(5)73)41(97-53)28-86-32(3)71)43(51(79)67-63(18,19)57(83)70-64(20,21)58(84)99-60(11,12)13)65-55(81)61(14,15)69-56(82)62(16,17)68-52(80)44(66-59(85)88-27-40-25-23-22-24-26-40)31(2)90-54-50(96-39(10)78)48(94-37(8)76)46(92-35(6)74)42(98-54)29-87-33(4)72/h22-26,30-31,41-50,53-54H,27-29H2,1-21H3,(H,65,81)(H,66,85)(H,67,79)(H,68,80)(H,69,82)(H,70,83)/t30-,31-,41-,42-,43+,44+,45+,46+,47+,48+,49-,50-,53-,54-/m1/s1. The molecular weight excluding hydrogens is 1320 g/mol. The molecule has 0 aliphatic carbocycles. The third kappa shape index (κ3) is 26.6. The van der Waals surface area contributed by atoms with Gasteiger partial charge in [0.1, 0.15) is 71.9 Å². The Balaban J connectivity index is 2.15. The summed E-state index contributed by atoms with van der Waals surface area (Å²) in [6.07, 6.45) is -22.0. The quantitative estimate of drug-likeness (QED) is 0.0455. The van der Waals surface area contributed by atoms with Crippen molar-refractivity contribution in [2.75, 3.05) is 13.2 Å². The molecule has 35 nitrogen and oxygen atoms in total. The number of carbonyl (C=O) groups excluding carboxylic acids is 15. The molecule has 1 aromatic carbocycles. The molecule has 2 aliphatic heterocycles. The molecule has 1 aromatic rings. The fourth-order valence-electron chi connectivity index (χ4n) is 9.46. The van der Waals surface area contributed by atoms with Gasteiger partial charge in [-0.15, -0.1) is 0 Å². The summed E-state index contributed by atoms with van der Waals surface area (Å²) in [6, 6.07) is 4.36. The molecule has 2 heterocycles. The molecular formula is C64H94N6O29. The monoisotopic (exact) mass is 1410 g/mol. The summed E-state index contributed by atoms with van der Waals surface area (Å²) in [7, 11) is 0. The topological polar surface area (TPSA) is 457 Å². The van der Waals surface area contributed by atoms with Gasteiger partial charge >= 0.3 is 59.8 Å². The van der Waals surface area contributed by atoms with Crippen LogP contribution in [0.15, 0.2) is 30.3 Å². The number of nitrogens with one attached hydrogen (secondary N) is 6. The number of hydrogen-bond acceptors (Lipinski definition) is 29. The first-order chi connectivity index (χ1) is 45.5. The average Bonchev–Trinajstić information content (AvgIpc) is 0.784. The van der Waals surface area contributed by atoms with Crippen molar-refractivity contribution in [2.45, 2.75) is 265 Å². The molecule has 2 saturated heterocycles. The highest BCUT2D eigenvalue weighted by atomic mass is 16.8. The van der Waals surface area contributed by atoms with E-state index in [2.05, 4.69) is 31.9 Å². The summed E-state index contributed by atoms with van der Waals surface area (Å²) >= 11 is 0. The summed E-state index contributed by atoms with van der Waals surface area (Å²) in [6.45, 7) is 23.4. The van der Waals surface area contributed by atoms with Gasteiger partial charge in [-0.2, -0.15) is 0 Å². The summed E-state index contributed by atoms with van der Waals surface area (Å²) in [5.74, 6) is -14.1.